The van der Waals surface area contributed by atoms with Crippen LogP contribution in [0.4, 0.5) is 5.69 Å². The van der Waals surface area contributed by atoms with E-state index in [0.717, 1.165) is 17.8 Å². The Hall–Kier alpha value is -1.10. The average molecular weight is 297 g/mol. The summed E-state index contributed by atoms with van der Waals surface area (Å²) in [4.78, 5) is 3.78. The monoisotopic (exact) mass is 296 g/mol. The molecule has 2 rings (SSSR count). The molecule has 0 saturated carbocycles. The Bertz CT molecular complexity index is 552. The second-order valence-electron chi connectivity index (χ2n) is 3.96. The normalized spacial score (nSPS) is 10.3. The Morgan fingerprint density at radius 3 is 2.83 bits per heavy atom. The lowest BCUT2D eigenvalue weighted by atomic mass is 10.1. The molecule has 0 atom stereocenters. The SMILES string of the molecule is CN(Cc1cccs1)c1ccc(Cl)cc1C(N)=S. The minimum atomic E-state index is 0.366. The van der Waals surface area contributed by atoms with Crippen molar-refractivity contribution < 1.29 is 0 Å². The number of hydrogen-bond donors (Lipinski definition) is 1. The minimum Gasteiger partial charge on any atom is -0.389 e. The molecular formula is C13H13ClN2S2. The van der Waals surface area contributed by atoms with Crippen LogP contribution in [-0.4, -0.2) is 12.0 Å². The van der Waals surface area contributed by atoms with Crippen molar-refractivity contribution in [3.8, 4) is 0 Å². The molecule has 0 spiro atoms. The van der Waals surface area contributed by atoms with Gasteiger partial charge in [0.1, 0.15) is 4.99 Å². The predicted octanol–water partition coefficient (Wildman–Crippen LogP) is 3.67. The smallest absolute Gasteiger partial charge is 0.106 e. The van der Waals surface area contributed by atoms with E-state index in [1.54, 1.807) is 11.3 Å². The van der Waals surface area contributed by atoms with Crippen LogP contribution in [0.1, 0.15) is 10.4 Å². The second-order valence-corrected chi connectivity index (χ2v) is 5.87. The van der Waals surface area contributed by atoms with Crippen LogP contribution in [0.5, 0.6) is 0 Å². The summed E-state index contributed by atoms with van der Waals surface area (Å²) in [7, 11) is 2.02. The molecule has 0 amide bonds. The number of thiocarbonyl (C=S) groups is 1. The van der Waals surface area contributed by atoms with Crippen molar-refractivity contribution in [1.29, 1.82) is 0 Å². The highest BCUT2D eigenvalue weighted by molar-refractivity contribution is 7.80. The molecule has 5 heteroatoms. The molecule has 1 aromatic heterocycles. The van der Waals surface area contributed by atoms with Crippen molar-refractivity contribution >= 4 is 45.8 Å². The number of benzene rings is 1. The first-order valence-corrected chi connectivity index (χ1v) is 7.07. The largest absolute Gasteiger partial charge is 0.389 e. The van der Waals surface area contributed by atoms with Crippen LogP contribution in [0, 0.1) is 0 Å². The average Bonchev–Trinajstić information content (AvgIpc) is 2.81. The Labute approximate surface area is 121 Å². The first-order valence-electron chi connectivity index (χ1n) is 5.41. The molecule has 0 fully saturated rings. The Balaban J connectivity index is 2.29. The lowest BCUT2D eigenvalue weighted by Crippen LogP contribution is -2.21. The van der Waals surface area contributed by atoms with Gasteiger partial charge in [-0.05, 0) is 29.6 Å². The van der Waals surface area contributed by atoms with Crippen molar-refractivity contribution in [3.63, 3.8) is 0 Å². The number of nitrogens with zero attached hydrogens (tertiary/aromatic N) is 1. The van der Waals surface area contributed by atoms with Gasteiger partial charge in [0.25, 0.3) is 0 Å². The molecule has 1 heterocycles. The highest BCUT2D eigenvalue weighted by atomic mass is 35.5. The molecule has 0 aliphatic rings. The molecule has 0 aliphatic carbocycles. The zero-order chi connectivity index (χ0) is 13.1. The lowest BCUT2D eigenvalue weighted by Gasteiger charge is -2.21. The fraction of sp³-hybridized carbons (Fsp3) is 0.154. The van der Waals surface area contributed by atoms with E-state index in [1.165, 1.54) is 4.88 Å². The fourth-order valence-electron chi connectivity index (χ4n) is 1.76. The molecule has 18 heavy (non-hydrogen) atoms. The van der Waals surface area contributed by atoms with Gasteiger partial charge in [-0.1, -0.05) is 29.9 Å². The predicted molar refractivity (Wildman–Crippen MR) is 83.8 cm³/mol. The van der Waals surface area contributed by atoms with Crippen LogP contribution in [0.15, 0.2) is 35.7 Å². The van der Waals surface area contributed by atoms with E-state index >= 15 is 0 Å². The Kier molecular flexibility index (Phi) is 4.22. The molecule has 2 aromatic rings. The number of anilines is 1. The van der Waals surface area contributed by atoms with E-state index in [-0.39, 0.29) is 0 Å². The summed E-state index contributed by atoms with van der Waals surface area (Å²) < 4.78 is 0. The zero-order valence-electron chi connectivity index (χ0n) is 9.89. The van der Waals surface area contributed by atoms with Gasteiger partial charge in [0.05, 0.1) is 6.54 Å². The fourth-order valence-corrected chi connectivity index (χ4v) is 2.85. The maximum Gasteiger partial charge on any atom is 0.106 e. The van der Waals surface area contributed by atoms with Gasteiger partial charge in [0, 0.05) is 28.2 Å². The van der Waals surface area contributed by atoms with Crippen molar-refractivity contribution in [1.82, 2.24) is 0 Å². The van der Waals surface area contributed by atoms with Crippen molar-refractivity contribution in [2.24, 2.45) is 5.73 Å². The van der Waals surface area contributed by atoms with Gasteiger partial charge >= 0.3 is 0 Å². The summed E-state index contributed by atoms with van der Waals surface area (Å²) >= 11 is 12.8. The third kappa shape index (κ3) is 3.02. The van der Waals surface area contributed by atoms with Gasteiger partial charge < -0.3 is 10.6 Å². The van der Waals surface area contributed by atoms with Crippen LogP contribution in [0.3, 0.4) is 0 Å². The van der Waals surface area contributed by atoms with E-state index < -0.39 is 0 Å². The maximum absolute atomic E-state index is 5.98. The molecule has 0 bridgehead atoms. The number of halogens is 1. The van der Waals surface area contributed by atoms with Crippen LogP contribution < -0.4 is 10.6 Å². The van der Waals surface area contributed by atoms with Gasteiger partial charge in [-0.15, -0.1) is 11.3 Å². The summed E-state index contributed by atoms with van der Waals surface area (Å²) in [5.74, 6) is 0. The van der Waals surface area contributed by atoms with E-state index in [2.05, 4.69) is 16.3 Å². The summed E-state index contributed by atoms with van der Waals surface area (Å²) in [5, 5.41) is 2.71. The van der Waals surface area contributed by atoms with Gasteiger partial charge in [-0.2, -0.15) is 0 Å². The van der Waals surface area contributed by atoms with Gasteiger partial charge in [0.2, 0.25) is 0 Å². The van der Waals surface area contributed by atoms with Crippen molar-refractivity contribution in [2.75, 3.05) is 11.9 Å². The van der Waals surface area contributed by atoms with Gasteiger partial charge in [-0.3, -0.25) is 0 Å². The van der Waals surface area contributed by atoms with Crippen LogP contribution >= 0.6 is 35.2 Å². The molecule has 0 radical (unpaired) electrons. The molecule has 0 aliphatic heterocycles. The highest BCUT2D eigenvalue weighted by Gasteiger charge is 2.11. The molecule has 0 unspecified atom stereocenters. The summed E-state index contributed by atoms with van der Waals surface area (Å²) in [6, 6.07) is 9.76. The number of rotatable bonds is 4. The second kappa shape index (κ2) is 5.69. The Morgan fingerprint density at radius 1 is 1.44 bits per heavy atom. The van der Waals surface area contributed by atoms with E-state index in [0.29, 0.717) is 10.0 Å². The first kappa shape index (κ1) is 13.3. The third-order valence-corrected chi connectivity index (χ3v) is 3.92. The molecule has 94 valence electrons. The number of hydrogen-bond acceptors (Lipinski definition) is 3. The van der Waals surface area contributed by atoms with Crippen molar-refractivity contribution in [3.05, 3.63) is 51.2 Å². The molecule has 0 saturated heterocycles. The number of thiophene rings is 1. The van der Waals surface area contributed by atoms with E-state index in [9.17, 15) is 0 Å². The Morgan fingerprint density at radius 2 is 2.22 bits per heavy atom. The van der Waals surface area contributed by atoms with Gasteiger partial charge in [0.15, 0.2) is 0 Å². The summed E-state index contributed by atoms with van der Waals surface area (Å²) in [5.41, 5.74) is 7.56. The van der Waals surface area contributed by atoms with E-state index in [4.69, 9.17) is 29.6 Å². The summed E-state index contributed by atoms with van der Waals surface area (Å²) in [6.07, 6.45) is 0. The van der Waals surface area contributed by atoms with Crippen LogP contribution in [0.25, 0.3) is 0 Å². The molecular weight excluding hydrogens is 284 g/mol. The first-order chi connectivity index (χ1) is 8.58. The van der Waals surface area contributed by atoms with Crippen LogP contribution in [0.2, 0.25) is 5.02 Å². The third-order valence-electron chi connectivity index (χ3n) is 2.61. The minimum absolute atomic E-state index is 0.366. The summed E-state index contributed by atoms with van der Waals surface area (Å²) in [6.45, 7) is 0.828. The van der Waals surface area contributed by atoms with E-state index in [1.807, 2.05) is 31.3 Å². The highest BCUT2D eigenvalue weighted by Crippen LogP contribution is 2.25. The lowest BCUT2D eigenvalue weighted by molar-refractivity contribution is 0.939. The number of nitrogens with two attached hydrogens (primary N) is 1. The molecule has 1 aromatic carbocycles. The standard InChI is InChI=1S/C13H13ClN2S2/c1-16(8-10-3-2-6-18-10)12-5-4-9(14)7-11(12)13(15)17/h2-7H,8H2,1H3,(H2,15,17). The quantitative estimate of drug-likeness (QED) is 0.873. The molecule has 2 N–H and O–H groups in total. The maximum atomic E-state index is 5.98. The zero-order valence-corrected chi connectivity index (χ0v) is 12.3. The van der Waals surface area contributed by atoms with Gasteiger partial charge in [-0.25, -0.2) is 0 Å². The van der Waals surface area contributed by atoms with Crippen LogP contribution in [-0.2, 0) is 6.54 Å². The topological polar surface area (TPSA) is 29.3 Å². The van der Waals surface area contributed by atoms with Crippen molar-refractivity contribution in [2.45, 2.75) is 6.54 Å². The molecule has 2 nitrogen and oxygen atoms in total.